The Morgan fingerprint density at radius 1 is 0.968 bits per heavy atom. The van der Waals surface area contributed by atoms with Gasteiger partial charge in [0.2, 0.25) is 5.95 Å². The number of aliphatic carboxylic acids is 3. The first-order chi connectivity index (χ1) is 14.6. The van der Waals surface area contributed by atoms with Crippen molar-refractivity contribution in [1.82, 2.24) is 20.9 Å². The lowest BCUT2D eigenvalue weighted by Gasteiger charge is -2.18. The molecule has 170 valence electrons. The minimum atomic E-state index is -1.49. The Kier molecular flexibility index (Phi) is 10.4. The molecule has 2 atom stereocenters. The highest BCUT2D eigenvalue weighted by Gasteiger charge is 2.24. The van der Waals surface area contributed by atoms with Crippen LogP contribution in [0.4, 0.5) is 9.18 Å². The molecule has 0 bridgehead atoms. The Hall–Kier alpha value is -3.77. The number of aromatic nitrogens is 1. The van der Waals surface area contributed by atoms with Crippen molar-refractivity contribution < 1.29 is 43.7 Å². The fourth-order valence-corrected chi connectivity index (χ4v) is 2.46. The number of carbonyl (C=O) groups is 5. The molecule has 0 saturated heterocycles. The zero-order valence-corrected chi connectivity index (χ0v) is 16.3. The van der Waals surface area contributed by atoms with Crippen LogP contribution in [0.15, 0.2) is 18.3 Å². The molecule has 6 N–H and O–H groups in total. The molecular weight excluding hydrogens is 418 g/mol. The number of halogens is 1. The molecule has 12 nitrogen and oxygen atoms in total. The number of nitrogens with one attached hydrogen (secondary N) is 3. The highest BCUT2D eigenvalue weighted by molar-refractivity contribution is 5.94. The lowest BCUT2D eigenvalue weighted by atomic mass is 10.1. The number of hydrogen-bond donors (Lipinski definition) is 6. The lowest BCUT2D eigenvalue weighted by molar-refractivity contribution is -0.140. The smallest absolute Gasteiger partial charge is 0.326 e. The molecule has 2 unspecified atom stereocenters. The maximum atomic E-state index is 13.0. The van der Waals surface area contributed by atoms with Gasteiger partial charge in [-0.05, 0) is 31.7 Å². The van der Waals surface area contributed by atoms with Crippen LogP contribution in [0.2, 0.25) is 0 Å². The van der Waals surface area contributed by atoms with Crippen LogP contribution in [0.5, 0.6) is 0 Å². The van der Waals surface area contributed by atoms with E-state index in [0.717, 1.165) is 12.3 Å². The molecule has 31 heavy (non-hydrogen) atoms. The van der Waals surface area contributed by atoms with Crippen LogP contribution in [-0.4, -0.2) is 68.8 Å². The van der Waals surface area contributed by atoms with Gasteiger partial charge >= 0.3 is 23.9 Å². The summed E-state index contributed by atoms with van der Waals surface area (Å²) in [6, 6.07) is -1.56. The predicted octanol–water partition coefficient (Wildman–Crippen LogP) is 0.191. The number of pyridine rings is 1. The van der Waals surface area contributed by atoms with Crippen molar-refractivity contribution in [2.45, 2.75) is 44.2 Å². The minimum Gasteiger partial charge on any atom is -0.481 e. The van der Waals surface area contributed by atoms with E-state index in [4.69, 9.17) is 10.2 Å². The Bertz CT molecular complexity index is 820. The highest BCUT2D eigenvalue weighted by atomic mass is 18.2. The molecule has 0 aromatic carbocycles. The van der Waals surface area contributed by atoms with Crippen molar-refractivity contribution in [1.29, 1.82) is 0 Å². The molecular formula is C18H23FN4O8. The maximum Gasteiger partial charge on any atom is 0.326 e. The summed E-state index contributed by atoms with van der Waals surface area (Å²) in [5.74, 6) is -5.35. The van der Waals surface area contributed by atoms with Crippen molar-refractivity contribution in [2.75, 3.05) is 6.54 Å². The standard InChI is InChI=1S/C18H23FN4O8/c19-13-9-10(6-8-20-13)15(26)21-7-2-1-3-11(16(27)28)22-18(31)23-12(17(29)30)4-5-14(24)25/h6,8-9,11-12H,1-5,7H2,(H,21,26)(H,24,25)(H,27,28)(H,29,30)(H2,22,23,31)/i19-1. The number of carboxylic acids is 3. The fraction of sp³-hybridized carbons (Fsp3) is 0.444. The van der Waals surface area contributed by atoms with Gasteiger partial charge in [0.05, 0.1) is 0 Å². The summed E-state index contributed by atoms with van der Waals surface area (Å²) >= 11 is 0. The zero-order chi connectivity index (χ0) is 23.4. The minimum absolute atomic E-state index is 0.00459. The number of unbranched alkanes of at least 4 members (excludes halogenated alkanes) is 1. The van der Waals surface area contributed by atoms with E-state index in [-0.39, 0.29) is 24.9 Å². The topological polar surface area (TPSA) is 195 Å². The van der Waals surface area contributed by atoms with Crippen molar-refractivity contribution >= 4 is 29.8 Å². The van der Waals surface area contributed by atoms with Crippen molar-refractivity contribution in [3.05, 3.63) is 29.8 Å². The summed E-state index contributed by atoms with van der Waals surface area (Å²) in [5.41, 5.74) is 0.0881. The second kappa shape index (κ2) is 12.7. The van der Waals surface area contributed by atoms with Crippen molar-refractivity contribution in [2.24, 2.45) is 0 Å². The van der Waals surface area contributed by atoms with Gasteiger partial charge in [-0.25, -0.2) is 19.4 Å². The summed E-state index contributed by atoms with van der Waals surface area (Å²) in [7, 11) is 0. The van der Waals surface area contributed by atoms with E-state index in [1.165, 1.54) is 6.07 Å². The third kappa shape index (κ3) is 10.0. The lowest BCUT2D eigenvalue weighted by Crippen LogP contribution is -2.51. The normalized spacial score (nSPS) is 12.3. The van der Waals surface area contributed by atoms with Gasteiger partial charge < -0.3 is 31.3 Å². The third-order valence-corrected chi connectivity index (χ3v) is 4.05. The molecule has 0 aliphatic heterocycles. The molecule has 0 fully saturated rings. The largest absolute Gasteiger partial charge is 0.481 e. The second-order valence-electron chi connectivity index (χ2n) is 6.45. The summed E-state index contributed by atoms with van der Waals surface area (Å²) in [6.07, 6.45) is 0.949. The SMILES string of the molecule is O=C(O)CCC(NC(=O)NC(CCCCNC(=O)c1ccnc([18F])c1)C(=O)O)C(=O)O. The summed E-state index contributed by atoms with van der Waals surface area (Å²) in [6.45, 7) is 0.178. The molecule has 13 heteroatoms. The second-order valence-corrected chi connectivity index (χ2v) is 6.45. The van der Waals surface area contributed by atoms with Gasteiger partial charge in [0.15, 0.2) is 0 Å². The average molecular weight is 441 g/mol. The molecule has 1 aromatic heterocycles. The Morgan fingerprint density at radius 3 is 2.13 bits per heavy atom. The number of urea groups is 1. The molecule has 0 aliphatic carbocycles. The first-order valence-electron chi connectivity index (χ1n) is 9.24. The zero-order valence-electron chi connectivity index (χ0n) is 16.3. The van der Waals surface area contributed by atoms with Crippen LogP contribution in [-0.2, 0) is 14.4 Å². The Balaban J connectivity index is 2.42. The summed E-state index contributed by atoms with van der Waals surface area (Å²) < 4.78 is 13.0. The van der Waals surface area contributed by atoms with Crippen molar-refractivity contribution in [3.63, 3.8) is 0 Å². The number of carboxylic acid groups (broad SMARTS) is 3. The van der Waals surface area contributed by atoms with Crippen LogP contribution < -0.4 is 16.0 Å². The van der Waals surface area contributed by atoms with Gasteiger partial charge in [-0.2, -0.15) is 4.39 Å². The van der Waals surface area contributed by atoms with E-state index in [1.54, 1.807) is 0 Å². The van der Waals surface area contributed by atoms with E-state index in [2.05, 4.69) is 15.6 Å². The van der Waals surface area contributed by atoms with Crippen LogP contribution in [0.25, 0.3) is 0 Å². The van der Waals surface area contributed by atoms with E-state index in [1.807, 2.05) is 5.32 Å². The molecule has 0 aliphatic rings. The van der Waals surface area contributed by atoms with Gasteiger partial charge in [-0.15, -0.1) is 0 Å². The highest BCUT2D eigenvalue weighted by Crippen LogP contribution is 2.04. The van der Waals surface area contributed by atoms with E-state index in [0.29, 0.717) is 12.8 Å². The Morgan fingerprint density at radius 2 is 1.58 bits per heavy atom. The molecule has 1 rings (SSSR count). The monoisotopic (exact) mass is 441 g/mol. The molecule has 3 amide bonds. The van der Waals surface area contributed by atoms with Crippen LogP contribution in [0, 0.1) is 5.95 Å². The summed E-state index contributed by atoms with van der Waals surface area (Å²) in [4.78, 5) is 60.0. The van der Waals surface area contributed by atoms with E-state index < -0.39 is 54.3 Å². The van der Waals surface area contributed by atoms with Gasteiger partial charge in [0.25, 0.3) is 5.91 Å². The van der Waals surface area contributed by atoms with E-state index in [9.17, 15) is 33.5 Å². The first kappa shape index (κ1) is 25.3. The van der Waals surface area contributed by atoms with Gasteiger partial charge in [-0.1, -0.05) is 0 Å². The third-order valence-electron chi connectivity index (χ3n) is 4.05. The number of carbonyl (C=O) groups excluding carboxylic acids is 2. The van der Waals surface area contributed by atoms with Gasteiger partial charge in [-0.3, -0.25) is 9.59 Å². The summed E-state index contributed by atoms with van der Waals surface area (Å²) in [5, 5.41) is 33.5. The van der Waals surface area contributed by atoms with Gasteiger partial charge in [0.1, 0.15) is 12.1 Å². The quantitative estimate of drug-likeness (QED) is 0.183. The van der Waals surface area contributed by atoms with Gasteiger partial charge in [0, 0.05) is 30.8 Å². The average Bonchev–Trinajstić information content (AvgIpc) is 2.69. The number of hydrogen-bond acceptors (Lipinski definition) is 6. The molecule has 0 spiro atoms. The maximum absolute atomic E-state index is 13.0. The van der Waals surface area contributed by atoms with Crippen LogP contribution in [0.1, 0.15) is 42.5 Å². The Labute approximate surface area is 175 Å². The number of amides is 3. The number of nitrogens with zero attached hydrogens (tertiary/aromatic N) is 1. The predicted molar refractivity (Wildman–Crippen MR) is 102 cm³/mol. The molecule has 1 heterocycles. The first-order valence-corrected chi connectivity index (χ1v) is 9.24. The van der Waals surface area contributed by atoms with Crippen LogP contribution >= 0.6 is 0 Å². The van der Waals surface area contributed by atoms with Crippen molar-refractivity contribution in [3.8, 4) is 0 Å². The number of rotatable bonds is 13. The molecule has 0 saturated carbocycles. The fourth-order valence-electron chi connectivity index (χ4n) is 2.46. The molecule has 0 radical (unpaired) electrons. The van der Waals surface area contributed by atoms with E-state index >= 15 is 0 Å². The van der Waals surface area contributed by atoms with Crippen LogP contribution in [0.3, 0.4) is 0 Å². The molecule has 1 aromatic rings.